The van der Waals surface area contributed by atoms with E-state index in [0.717, 1.165) is 25.9 Å². The number of rotatable bonds is 4. The van der Waals surface area contributed by atoms with Gasteiger partial charge in [0, 0.05) is 10.2 Å². The minimum absolute atomic E-state index is 0.122. The number of anilines is 2. The van der Waals surface area contributed by atoms with Crippen molar-refractivity contribution in [2.45, 2.75) is 6.92 Å². The van der Waals surface area contributed by atoms with E-state index in [0.29, 0.717) is 5.82 Å². The minimum atomic E-state index is -0.122. The Kier molecular flexibility index (Phi) is 4.35. The van der Waals surface area contributed by atoms with Gasteiger partial charge >= 0.3 is 0 Å². The Labute approximate surface area is 139 Å². The van der Waals surface area contributed by atoms with Crippen molar-refractivity contribution < 1.29 is 4.79 Å². The molecular weight excluding hydrogens is 364 g/mol. The summed E-state index contributed by atoms with van der Waals surface area (Å²) in [5.74, 6) is 0.553. The van der Waals surface area contributed by atoms with Crippen molar-refractivity contribution in [1.29, 1.82) is 0 Å². The first kappa shape index (κ1) is 14.9. The number of thiophene rings is 1. The molecule has 0 unspecified atom stereocenters. The van der Waals surface area contributed by atoms with Crippen molar-refractivity contribution in [1.82, 2.24) is 9.97 Å². The summed E-state index contributed by atoms with van der Waals surface area (Å²) in [6.07, 6.45) is 1.50. The first-order valence-corrected chi connectivity index (χ1v) is 8.29. The third kappa shape index (κ3) is 3.26. The Morgan fingerprint density at radius 2 is 2.18 bits per heavy atom. The number of carbonyl (C=O) groups is 1. The SMILES string of the molecule is Cc1cc(NC(=O)CNc2ncnc3sccc23)ccc1Br. The summed E-state index contributed by atoms with van der Waals surface area (Å²) in [4.78, 5) is 21.3. The minimum Gasteiger partial charge on any atom is -0.360 e. The molecule has 0 bridgehead atoms. The molecular formula is C15H13BrN4OS. The molecule has 112 valence electrons. The van der Waals surface area contributed by atoms with Gasteiger partial charge in [-0.15, -0.1) is 11.3 Å². The van der Waals surface area contributed by atoms with Crippen LogP contribution in [0.3, 0.4) is 0 Å². The number of fused-ring (bicyclic) bond motifs is 1. The van der Waals surface area contributed by atoms with Crippen LogP contribution in [-0.4, -0.2) is 22.4 Å². The molecule has 1 amide bonds. The van der Waals surface area contributed by atoms with E-state index in [1.54, 1.807) is 11.3 Å². The molecule has 0 saturated carbocycles. The molecule has 3 rings (SSSR count). The quantitative estimate of drug-likeness (QED) is 0.726. The molecule has 0 fully saturated rings. The van der Waals surface area contributed by atoms with Crippen LogP contribution in [0.2, 0.25) is 0 Å². The van der Waals surface area contributed by atoms with Gasteiger partial charge in [-0.2, -0.15) is 0 Å². The van der Waals surface area contributed by atoms with Gasteiger partial charge in [0.2, 0.25) is 5.91 Å². The van der Waals surface area contributed by atoms with E-state index < -0.39 is 0 Å². The number of hydrogen-bond acceptors (Lipinski definition) is 5. The molecule has 1 aromatic carbocycles. The highest BCUT2D eigenvalue weighted by atomic mass is 79.9. The molecule has 0 atom stereocenters. The lowest BCUT2D eigenvalue weighted by molar-refractivity contribution is -0.114. The Morgan fingerprint density at radius 1 is 1.32 bits per heavy atom. The second-order valence-corrected chi connectivity index (χ2v) is 6.48. The molecule has 2 heterocycles. The Balaban J connectivity index is 1.65. The van der Waals surface area contributed by atoms with E-state index in [-0.39, 0.29) is 12.5 Å². The van der Waals surface area contributed by atoms with Gasteiger partial charge < -0.3 is 10.6 Å². The summed E-state index contributed by atoms with van der Waals surface area (Å²) in [6, 6.07) is 7.64. The number of nitrogens with zero attached hydrogens (tertiary/aromatic N) is 2. The highest BCUT2D eigenvalue weighted by Crippen LogP contribution is 2.23. The van der Waals surface area contributed by atoms with Crippen molar-refractivity contribution in [2.75, 3.05) is 17.2 Å². The maximum Gasteiger partial charge on any atom is 0.243 e. The summed E-state index contributed by atoms with van der Waals surface area (Å²) in [6.45, 7) is 2.13. The second kappa shape index (κ2) is 6.41. The van der Waals surface area contributed by atoms with Crippen LogP contribution in [0.25, 0.3) is 10.2 Å². The van der Waals surface area contributed by atoms with Crippen molar-refractivity contribution in [3.8, 4) is 0 Å². The van der Waals surface area contributed by atoms with E-state index in [2.05, 4.69) is 36.5 Å². The van der Waals surface area contributed by atoms with E-state index in [4.69, 9.17) is 0 Å². The molecule has 0 aliphatic carbocycles. The lowest BCUT2D eigenvalue weighted by Crippen LogP contribution is -2.22. The standard InChI is InChI=1S/C15H13BrN4OS/c1-9-6-10(2-3-12(9)16)20-13(21)7-17-14-11-4-5-22-15(11)19-8-18-14/h2-6,8H,7H2,1H3,(H,20,21)(H,17,18,19). The number of nitrogens with one attached hydrogen (secondary N) is 2. The van der Waals surface area contributed by atoms with Gasteiger partial charge in [-0.25, -0.2) is 9.97 Å². The van der Waals surface area contributed by atoms with E-state index in [1.807, 2.05) is 36.6 Å². The largest absolute Gasteiger partial charge is 0.360 e. The predicted molar refractivity (Wildman–Crippen MR) is 93.4 cm³/mol. The molecule has 0 saturated heterocycles. The molecule has 0 radical (unpaired) electrons. The van der Waals surface area contributed by atoms with Gasteiger partial charge in [0.25, 0.3) is 0 Å². The van der Waals surface area contributed by atoms with Crippen molar-refractivity contribution in [3.05, 3.63) is 46.0 Å². The van der Waals surface area contributed by atoms with Crippen LogP contribution < -0.4 is 10.6 Å². The van der Waals surface area contributed by atoms with Crippen LogP contribution in [0.15, 0.2) is 40.4 Å². The molecule has 0 aliphatic heterocycles. The summed E-state index contributed by atoms with van der Waals surface area (Å²) >= 11 is 4.98. The van der Waals surface area contributed by atoms with Gasteiger partial charge in [0.15, 0.2) is 0 Å². The molecule has 2 aromatic heterocycles. The third-order valence-corrected chi connectivity index (χ3v) is 4.83. The topological polar surface area (TPSA) is 66.9 Å². The van der Waals surface area contributed by atoms with Gasteiger partial charge in [0.05, 0.1) is 11.9 Å². The lowest BCUT2D eigenvalue weighted by Gasteiger charge is -2.09. The van der Waals surface area contributed by atoms with Gasteiger partial charge in [0.1, 0.15) is 17.0 Å². The molecule has 0 aliphatic rings. The number of aromatic nitrogens is 2. The number of hydrogen-bond donors (Lipinski definition) is 2. The predicted octanol–water partition coefficient (Wildman–Crippen LogP) is 3.81. The van der Waals surface area contributed by atoms with Crippen LogP contribution in [0.5, 0.6) is 0 Å². The fourth-order valence-electron chi connectivity index (χ4n) is 2.02. The van der Waals surface area contributed by atoms with Crippen molar-refractivity contribution >= 4 is 54.9 Å². The number of benzene rings is 1. The maximum atomic E-state index is 12.0. The van der Waals surface area contributed by atoms with E-state index in [1.165, 1.54) is 6.33 Å². The zero-order chi connectivity index (χ0) is 15.5. The van der Waals surface area contributed by atoms with Crippen LogP contribution in [0, 0.1) is 6.92 Å². The number of halogens is 1. The van der Waals surface area contributed by atoms with Crippen molar-refractivity contribution in [3.63, 3.8) is 0 Å². The molecule has 3 aromatic rings. The average Bonchev–Trinajstić information content (AvgIpc) is 2.98. The summed E-state index contributed by atoms with van der Waals surface area (Å²) < 4.78 is 1.02. The Morgan fingerprint density at radius 3 is 3.00 bits per heavy atom. The third-order valence-electron chi connectivity index (χ3n) is 3.12. The first-order chi connectivity index (χ1) is 10.6. The van der Waals surface area contributed by atoms with Crippen LogP contribution in [0.1, 0.15) is 5.56 Å². The highest BCUT2D eigenvalue weighted by molar-refractivity contribution is 9.10. The highest BCUT2D eigenvalue weighted by Gasteiger charge is 2.07. The maximum absolute atomic E-state index is 12.0. The Hall–Kier alpha value is -1.99. The number of amides is 1. The van der Waals surface area contributed by atoms with E-state index >= 15 is 0 Å². The monoisotopic (exact) mass is 376 g/mol. The van der Waals surface area contributed by atoms with E-state index in [9.17, 15) is 4.79 Å². The van der Waals surface area contributed by atoms with Gasteiger partial charge in [-0.1, -0.05) is 15.9 Å². The molecule has 2 N–H and O–H groups in total. The smallest absolute Gasteiger partial charge is 0.243 e. The van der Waals surface area contributed by atoms with Crippen LogP contribution >= 0.6 is 27.3 Å². The summed E-state index contributed by atoms with van der Waals surface area (Å²) in [7, 11) is 0. The van der Waals surface area contributed by atoms with Gasteiger partial charge in [-0.3, -0.25) is 4.79 Å². The molecule has 0 spiro atoms. The summed E-state index contributed by atoms with van der Waals surface area (Å²) in [5, 5.41) is 8.80. The fourth-order valence-corrected chi connectivity index (χ4v) is 3.00. The van der Waals surface area contributed by atoms with Crippen molar-refractivity contribution in [2.24, 2.45) is 0 Å². The number of carbonyl (C=O) groups excluding carboxylic acids is 1. The zero-order valence-electron chi connectivity index (χ0n) is 11.8. The first-order valence-electron chi connectivity index (χ1n) is 6.61. The van der Waals surface area contributed by atoms with Crippen LogP contribution in [0.4, 0.5) is 11.5 Å². The molecule has 7 heteroatoms. The number of aryl methyl sites for hydroxylation is 1. The fraction of sp³-hybridized carbons (Fsp3) is 0.133. The average molecular weight is 377 g/mol. The second-order valence-electron chi connectivity index (χ2n) is 4.73. The zero-order valence-corrected chi connectivity index (χ0v) is 14.2. The Bertz CT molecular complexity index is 833. The lowest BCUT2D eigenvalue weighted by atomic mass is 10.2. The normalized spacial score (nSPS) is 10.6. The van der Waals surface area contributed by atoms with Gasteiger partial charge in [-0.05, 0) is 42.1 Å². The summed E-state index contributed by atoms with van der Waals surface area (Å²) in [5.41, 5.74) is 1.84. The molecule has 22 heavy (non-hydrogen) atoms. The van der Waals surface area contributed by atoms with Crippen LogP contribution in [-0.2, 0) is 4.79 Å². The molecule has 5 nitrogen and oxygen atoms in total.